The molecule has 26 heavy (non-hydrogen) atoms. The first kappa shape index (κ1) is 17.8. The topological polar surface area (TPSA) is 32.8 Å². The van der Waals surface area contributed by atoms with Crippen LogP contribution in [0.1, 0.15) is 39.5 Å². The van der Waals surface area contributed by atoms with Gasteiger partial charge in [0.25, 0.3) is 0 Å². The highest BCUT2D eigenvalue weighted by Crippen LogP contribution is 2.41. The molecule has 3 saturated heterocycles. The third-order valence-electron chi connectivity index (χ3n) is 7.13. The van der Waals surface area contributed by atoms with Crippen molar-refractivity contribution < 1.29 is 9.53 Å². The SMILES string of the molecule is CCC1(CC)C[C@@H](CCN2CC3CN(c4ccccc4)CC3C2)OC1=O. The van der Waals surface area contributed by atoms with E-state index in [1.54, 1.807) is 0 Å². The van der Waals surface area contributed by atoms with Crippen molar-refractivity contribution in [1.29, 1.82) is 0 Å². The molecule has 0 radical (unpaired) electrons. The number of nitrogens with zero attached hydrogens (tertiary/aromatic N) is 2. The summed E-state index contributed by atoms with van der Waals surface area (Å²) in [5.41, 5.74) is 1.16. The van der Waals surface area contributed by atoms with Crippen LogP contribution < -0.4 is 4.90 Å². The third-order valence-corrected chi connectivity index (χ3v) is 7.13. The fourth-order valence-corrected chi connectivity index (χ4v) is 5.27. The summed E-state index contributed by atoms with van der Waals surface area (Å²) in [5.74, 6) is 1.61. The molecule has 3 heterocycles. The van der Waals surface area contributed by atoms with Crippen LogP contribution in [0.2, 0.25) is 0 Å². The molecule has 0 saturated carbocycles. The summed E-state index contributed by atoms with van der Waals surface area (Å²) >= 11 is 0. The van der Waals surface area contributed by atoms with Crippen LogP contribution >= 0.6 is 0 Å². The number of likely N-dealkylation sites (tertiary alicyclic amines) is 1. The van der Waals surface area contributed by atoms with E-state index in [0.29, 0.717) is 0 Å². The quantitative estimate of drug-likeness (QED) is 0.730. The van der Waals surface area contributed by atoms with Crippen LogP contribution in [0.4, 0.5) is 5.69 Å². The fraction of sp³-hybridized carbons (Fsp3) is 0.682. The molecule has 1 aromatic carbocycles. The number of fused-ring (bicyclic) bond motifs is 1. The van der Waals surface area contributed by atoms with Crippen LogP contribution in [-0.4, -0.2) is 49.7 Å². The molecular weight excluding hydrogens is 324 g/mol. The van der Waals surface area contributed by atoms with Gasteiger partial charge in [-0.05, 0) is 43.2 Å². The molecule has 0 aliphatic carbocycles. The molecule has 1 aromatic rings. The van der Waals surface area contributed by atoms with Crippen molar-refractivity contribution in [3.63, 3.8) is 0 Å². The van der Waals surface area contributed by atoms with E-state index in [1.165, 1.54) is 31.9 Å². The standard InChI is InChI=1S/C22H32N2O2/c1-3-22(4-2)12-20(26-21(22)25)10-11-23-13-17-15-24(16-18(17)14-23)19-8-6-5-7-9-19/h5-9,17-18,20H,3-4,10-16H2,1-2H3/t17?,18?,20-/m1/s1. The number of rotatable bonds is 6. The zero-order valence-electron chi connectivity index (χ0n) is 16.2. The summed E-state index contributed by atoms with van der Waals surface area (Å²) in [7, 11) is 0. The van der Waals surface area contributed by atoms with E-state index in [-0.39, 0.29) is 17.5 Å². The maximum atomic E-state index is 12.3. The van der Waals surface area contributed by atoms with Crippen molar-refractivity contribution in [2.75, 3.05) is 37.6 Å². The Kier molecular flexibility index (Phi) is 4.96. The number of ether oxygens (including phenoxy) is 1. The van der Waals surface area contributed by atoms with Crippen LogP contribution in [0.25, 0.3) is 0 Å². The Morgan fingerprint density at radius 2 is 1.69 bits per heavy atom. The lowest BCUT2D eigenvalue weighted by molar-refractivity contribution is -0.149. The number of anilines is 1. The Balaban J connectivity index is 1.25. The Hall–Kier alpha value is -1.55. The number of hydrogen-bond donors (Lipinski definition) is 0. The van der Waals surface area contributed by atoms with Gasteiger partial charge in [0.05, 0.1) is 5.41 Å². The Labute approximate surface area is 157 Å². The molecule has 0 N–H and O–H groups in total. The molecule has 2 unspecified atom stereocenters. The van der Waals surface area contributed by atoms with Gasteiger partial charge in [0.2, 0.25) is 0 Å². The molecule has 0 aromatic heterocycles. The number of benzene rings is 1. The zero-order chi connectivity index (χ0) is 18.1. The second-order valence-electron chi connectivity index (χ2n) is 8.53. The van der Waals surface area contributed by atoms with Gasteiger partial charge in [-0.3, -0.25) is 4.79 Å². The van der Waals surface area contributed by atoms with E-state index in [1.807, 2.05) is 0 Å². The van der Waals surface area contributed by atoms with Crippen molar-refractivity contribution in [2.24, 2.45) is 17.3 Å². The molecule has 4 heteroatoms. The van der Waals surface area contributed by atoms with E-state index in [4.69, 9.17) is 4.74 Å². The monoisotopic (exact) mass is 356 g/mol. The van der Waals surface area contributed by atoms with E-state index >= 15 is 0 Å². The molecule has 4 nitrogen and oxygen atoms in total. The molecular formula is C22H32N2O2. The molecule has 142 valence electrons. The Morgan fingerprint density at radius 1 is 1.04 bits per heavy atom. The molecule has 3 aliphatic heterocycles. The van der Waals surface area contributed by atoms with Crippen LogP contribution in [0.5, 0.6) is 0 Å². The molecule has 3 aliphatic rings. The predicted octanol–water partition coefficient (Wildman–Crippen LogP) is 3.57. The van der Waals surface area contributed by atoms with E-state index in [9.17, 15) is 4.79 Å². The van der Waals surface area contributed by atoms with Gasteiger partial charge in [-0.15, -0.1) is 0 Å². The molecule has 0 spiro atoms. The van der Waals surface area contributed by atoms with Gasteiger partial charge in [0.15, 0.2) is 0 Å². The first-order valence-corrected chi connectivity index (χ1v) is 10.4. The van der Waals surface area contributed by atoms with Crippen LogP contribution in [-0.2, 0) is 9.53 Å². The van der Waals surface area contributed by atoms with E-state index in [2.05, 4.69) is 54.0 Å². The molecule has 4 rings (SSSR count). The summed E-state index contributed by atoms with van der Waals surface area (Å²) in [4.78, 5) is 17.4. The summed E-state index contributed by atoms with van der Waals surface area (Å²) in [6, 6.07) is 10.8. The van der Waals surface area contributed by atoms with Crippen molar-refractivity contribution in [2.45, 2.75) is 45.6 Å². The molecule has 0 amide bonds. The van der Waals surface area contributed by atoms with Gasteiger partial charge in [-0.25, -0.2) is 0 Å². The van der Waals surface area contributed by atoms with Crippen molar-refractivity contribution in [1.82, 2.24) is 4.90 Å². The first-order valence-electron chi connectivity index (χ1n) is 10.4. The normalized spacial score (nSPS) is 30.6. The lowest BCUT2D eigenvalue weighted by Gasteiger charge is -2.24. The smallest absolute Gasteiger partial charge is 0.312 e. The number of para-hydroxylation sites is 1. The highest BCUT2D eigenvalue weighted by Gasteiger charge is 2.46. The number of cyclic esters (lactones) is 1. The second kappa shape index (κ2) is 7.22. The third kappa shape index (κ3) is 3.24. The Morgan fingerprint density at radius 3 is 2.27 bits per heavy atom. The second-order valence-corrected chi connectivity index (χ2v) is 8.53. The van der Waals surface area contributed by atoms with Gasteiger partial charge in [-0.2, -0.15) is 0 Å². The van der Waals surface area contributed by atoms with Gasteiger partial charge in [0.1, 0.15) is 6.10 Å². The van der Waals surface area contributed by atoms with Crippen LogP contribution in [0.3, 0.4) is 0 Å². The number of carbonyl (C=O) groups is 1. The molecule has 3 atom stereocenters. The Bertz CT molecular complexity index is 614. The predicted molar refractivity (Wildman–Crippen MR) is 104 cm³/mol. The number of carbonyl (C=O) groups excluding carboxylic acids is 1. The minimum Gasteiger partial charge on any atom is -0.462 e. The van der Waals surface area contributed by atoms with Gasteiger partial charge in [0, 0.05) is 44.8 Å². The maximum Gasteiger partial charge on any atom is 0.312 e. The lowest BCUT2D eigenvalue weighted by Crippen LogP contribution is -2.30. The van der Waals surface area contributed by atoms with Crippen LogP contribution in [0.15, 0.2) is 30.3 Å². The summed E-state index contributed by atoms with van der Waals surface area (Å²) in [5, 5.41) is 0. The average Bonchev–Trinajstić information content (AvgIpc) is 3.32. The van der Waals surface area contributed by atoms with E-state index < -0.39 is 0 Å². The van der Waals surface area contributed by atoms with Gasteiger partial charge >= 0.3 is 5.97 Å². The minimum atomic E-state index is -0.206. The fourth-order valence-electron chi connectivity index (χ4n) is 5.27. The highest BCUT2D eigenvalue weighted by atomic mass is 16.6. The van der Waals surface area contributed by atoms with Crippen LogP contribution in [0, 0.1) is 17.3 Å². The lowest BCUT2D eigenvalue weighted by atomic mass is 9.79. The van der Waals surface area contributed by atoms with Crippen molar-refractivity contribution in [3.05, 3.63) is 30.3 Å². The van der Waals surface area contributed by atoms with Crippen molar-refractivity contribution in [3.8, 4) is 0 Å². The number of esters is 1. The first-order chi connectivity index (χ1) is 12.6. The summed E-state index contributed by atoms with van der Waals surface area (Å²) in [6.07, 6.45) is 3.85. The maximum absolute atomic E-state index is 12.3. The molecule has 3 fully saturated rings. The average molecular weight is 357 g/mol. The summed E-state index contributed by atoms with van der Waals surface area (Å²) in [6.45, 7) is 10.1. The van der Waals surface area contributed by atoms with Gasteiger partial charge in [-0.1, -0.05) is 32.0 Å². The van der Waals surface area contributed by atoms with E-state index in [0.717, 1.165) is 44.1 Å². The molecule has 0 bridgehead atoms. The number of hydrogen-bond acceptors (Lipinski definition) is 4. The minimum absolute atomic E-state index is 0.0456. The van der Waals surface area contributed by atoms with Crippen molar-refractivity contribution >= 4 is 11.7 Å². The highest BCUT2D eigenvalue weighted by molar-refractivity contribution is 5.78. The largest absolute Gasteiger partial charge is 0.462 e. The summed E-state index contributed by atoms with van der Waals surface area (Å²) < 4.78 is 5.71. The van der Waals surface area contributed by atoms with Gasteiger partial charge < -0.3 is 14.5 Å². The zero-order valence-corrected chi connectivity index (χ0v) is 16.2.